The van der Waals surface area contributed by atoms with Crippen LogP contribution in [0.4, 0.5) is 15.9 Å². The lowest BCUT2D eigenvalue weighted by molar-refractivity contribution is 0.552. The molecule has 3 aromatic rings. The Morgan fingerprint density at radius 3 is 2.48 bits per heavy atom. The lowest BCUT2D eigenvalue weighted by Crippen LogP contribution is -2.28. The molecule has 29 heavy (non-hydrogen) atoms. The van der Waals surface area contributed by atoms with Crippen molar-refractivity contribution in [3.05, 3.63) is 78.1 Å². The summed E-state index contributed by atoms with van der Waals surface area (Å²) >= 11 is 0. The number of halogens is 1. The Balaban J connectivity index is 1.73. The molecule has 3 rings (SSSR count). The first-order valence-electron chi connectivity index (χ1n) is 9.13. The summed E-state index contributed by atoms with van der Waals surface area (Å²) in [6.07, 6.45) is 0. The van der Waals surface area contributed by atoms with Gasteiger partial charge >= 0.3 is 0 Å². The molecule has 2 aromatic carbocycles. The van der Waals surface area contributed by atoms with Crippen molar-refractivity contribution < 1.29 is 4.39 Å². The van der Waals surface area contributed by atoms with E-state index in [4.69, 9.17) is 11.0 Å². The van der Waals surface area contributed by atoms with Gasteiger partial charge in [0, 0.05) is 28.8 Å². The average Bonchev–Trinajstić information content (AvgIpc) is 2.73. The molecule has 0 saturated carbocycles. The second-order valence-electron chi connectivity index (χ2n) is 7.44. The van der Waals surface area contributed by atoms with Crippen LogP contribution in [0.5, 0.6) is 0 Å². The standard InChI is InChI=1S/C23H22FN5/c1-15(13-25)19-12-16(4-9-20(19)26)21-10-11-22(29-28-21)27-14-23(2,3)17-5-7-18(24)8-6-17/h4-12H,1,14,26H2,2-3H3,(H,27,29). The van der Waals surface area contributed by atoms with Crippen LogP contribution in [0.25, 0.3) is 16.8 Å². The number of nitrogens with zero attached hydrogens (tertiary/aromatic N) is 3. The molecule has 5 nitrogen and oxygen atoms in total. The van der Waals surface area contributed by atoms with Crippen molar-refractivity contribution in [3.63, 3.8) is 0 Å². The van der Waals surface area contributed by atoms with Crippen molar-refractivity contribution in [2.24, 2.45) is 0 Å². The molecule has 0 amide bonds. The molecular formula is C23H22FN5. The summed E-state index contributed by atoms with van der Waals surface area (Å²) in [5.41, 5.74) is 9.61. The number of aromatic nitrogens is 2. The van der Waals surface area contributed by atoms with E-state index < -0.39 is 0 Å². The molecule has 0 atom stereocenters. The molecule has 6 heteroatoms. The molecule has 146 valence electrons. The van der Waals surface area contributed by atoms with Gasteiger partial charge in [-0.15, -0.1) is 10.2 Å². The summed E-state index contributed by atoms with van der Waals surface area (Å²) in [6.45, 7) is 8.49. The molecule has 0 radical (unpaired) electrons. The molecule has 0 aliphatic rings. The quantitative estimate of drug-likeness (QED) is 0.469. The molecule has 0 aliphatic carbocycles. The van der Waals surface area contributed by atoms with Crippen LogP contribution >= 0.6 is 0 Å². The number of nitriles is 1. The number of anilines is 2. The maximum atomic E-state index is 13.2. The van der Waals surface area contributed by atoms with Gasteiger partial charge in [-0.3, -0.25) is 0 Å². The number of allylic oxidation sites excluding steroid dienone is 1. The Hall–Kier alpha value is -3.72. The SMILES string of the molecule is C=C(C#N)c1cc(-c2ccc(NCC(C)(C)c3ccc(F)cc3)nn2)ccc1N. The number of nitrogen functional groups attached to an aromatic ring is 1. The van der Waals surface area contributed by atoms with Crippen molar-refractivity contribution in [2.75, 3.05) is 17.6 Å². The minimum absolute atomic E-state index is 0.211. The van der Waals surface area contributed by atoms with Crippen LogP contribution in [0.3, 0.4) is 0 Å². The summed E-state index contributed by atoms with van der Waals surface area (Å²) in [6, 6.07) is 17.6. The van der Waals surface area contributed by atoms with E-state index in [9.17, 15) is 4.39 Å². The summed E-state index contributed by atoms with van der Waals surface area (Å²) in [7, 11) is 0. The largest absolute Gasteiger partial charge is 0.398 e. The second-order valence-corrected chi connectivity index (χ2v) is 7.44. The highest BCUT2D eigenvalue weighted by Gasteiger charge is 2.20. The fourth-order valence-corrected chi connectivity index (χ4v) is 2.93. The van der Waals surface area contributed by atoms with Crippen LogP contribution in [-0.2, 0) is 5.41 Å². The predicted molar refractivity (Wildman–Crippen MR) is 114 cm³/mol. The summed E-state index contributed by atoms with van der Waals surface area (Å²) in [4.78, 5) is 0. The molecule has 0 bridgehead atoms. The van der Waals surface area contributed by atoms with Crippen LogP contribution < -0.4 is 11.1 Å². The number of nitrogens with one attached hydrogen (secondary N) is 1. The first kappa shape index (κ1) is 20.0. The topological polar surface area (TPSA) is 87.6 Å². The molecule has 0 fully saturated rings. The second kappa shape index (κ2) is 8.11. The molecule has 1 heterocycles. The minimum Gasteiger partial charge on any atom is -0.398 e. The Morgan fingerprint density at radius 1 is 1.14 bits per heavy atom. The lowest BCUT2D eigenvalue weighted by Gasteiger charge is -2.25. The maximum Gasteiger partial charge on any atom is 0.148 e. The fourth-order valence-electron chi connectivity index (χ4n) is 2.93. The van der Waals surface area contributed by atoms with Crippen molar-refractivity contribution in [1.82, 2.24) is 10.2 Å². The zero-order chi connectivity index (χ0) is 21.0. The summed E-state index contributed by atoms with van der Waals surface area (Å²) in [5.74, 6) is 0.393. The van der Waals surface area contributed by atoms with Gasteiger partial charge in [0.15, 0.2) is 0 Å². The first-order valence-corrected chi connectivity index (χ1v) is 9.13. The van der Waals surface area contributed by atoms with Gasteiger partial charge in [-0.05, 0) is 42.0 Å². The highest BCUT2D eigenvalue weighted by atomic mass is 19.1. The van der Waals surface area contributed by atoms with Gasteiger partial charge in [-0.1, -0.05) is 38.6 Å². The third-order valence-electron chi connectivity index (χ3n) is 4.81. The van der Waals surface area contributed by atoms with Crippen molar-refractivity contribution in [3.8, 4) is 17.3 Å². The minimum atomic E-state index is -0.247. The smallest absolute Gasteiger partial charge is 0.148 e. The fraction of sp³-hybridized carbons (Fsp3) is 0.174. The van der Waals surface area contributed by atoms with Crippen LogP contribution in [0, 0.1) is 17.1 Å². The molecule has 0 unspecified atom stereocenters. The van der Waals surface area contributed by atoms with Gasteiger partial charge < -0.3 is 11.1 Å². The normalized spacial score (nSPS) is 11.0. The summed E-state index contributed by atoms with van der Waals surface area (Å²) < 4.78 is 13.2. The predicted octanol–water partition coefficient (Wildman–Crippen LogP) is 4.79. The molecule has 0 saturated heterocycles. The average molecular weight is 387 g/mol. The van der Waals surface area contributed by atoms with E-state index >= 15 is 0 Å². The Kier molecular flexibility index (Phi) is 5.60. The first-order chi connectivity index (χ1) is 13.8. The Morgan fingerprint density at radius 2 is 1.86 bits per heavy atom. The van der Waals surface area contributed by atoms with Gasteiger partial charge in [0.2, 0.25) is 0 Å². The van der Waals surface area contributed by atoms with Gasteiger partial charge in [0.1, 0.15) is 11.6 Å². The number of hydrogen-bond acceptors (Lipinski definition) is 5. The number of nitrogens with two attached hydrogens (primary N) is 1. The number of rotatable bonds is 6. The van der Waals surface area contributed by atoms with Gasteiger partial charge in [-0.25, -0.2) is 4.39 Å². The molecule has 3 N–H and O–H groups in total. The Bertz CT molecular complexity index is 1060. The highest BCUT2D eigenvalue weighted by Crippen LogP contribution is 2.27. The Labute approximate surface area is 169 Å². The van der Waals surface area contributed by atoms with E-state index in [2.05, 4.69) is 35.9 Å². The molecular weight excluding hydrogens is 365 g/mol. The van der Waals surface area contributed by atoms with Crippen LogP contribution in [0.1, 0.15) is 25.0 Å². The van der Waals surface area contributed by atoms with Crippen molar-refractivity contribution in [2.45, 2.75) is 19.3 Å². The van der Waals surface area contributed by atoms with E-state index in [1.165, 1.54) is 12.1 Å². The van der Waals surface area contributed by atoms with Gasteiger partial charge in [0.25, 0.3) is 0 Å². The van der Waals surface area contributed by atoms with Crippen LogP contribution in [0.2, 0.25) is 0 Å². The van der Waals surface area contributed by atoms with E-state index in [-0.39, 0.29) is 11.2 Å². The third-order valence-corrected chi connectivity index (χ3v) is 4.81. The van der Waals surface area contributed by atoms with Crippen molar-refractivity contribution in [1.29, 1.82) is 5.26 Å². The molecule has 1 aromatic heterocycles. The van der Waals surface area contributed by atoms with Crippen LogP contribution in [-0.4, -0.2) is 16.7 Å². The summed E-state index contributed by atoms with van der Waals surface area (Å²) in [5, 5.41) is 20.9. The zero-order valence-corrected chi connectivity index (χ0v) is 16.4. The highest BCUT2D eigenvalue weighted by molar-refractivity contribution is 5.84. The van der Waals surface area contributed by atoms with E-state index in [0.29, 0.717) is 34.9 Å². The maximum absolute atomic E-state index is 13.2. The van der Waals surface area contributed by atoms with E-state index in [0.717, 1.165) is 11.1 Å². The van der Waals surface area contributed by atoms with Gasteiger partial charge in [0.05, 0.1) is 17.3 Å². The molecule has 0 spiro atoms. The van der Waals surface area contributed by atoms with Gasteiger partial charge in [-0.2, -0.15) is 5.26 Å². The lowest BCUT2D eigenvalue weighted by atomic mass is 9.84. The van der Waals surface area contributed by atoms with Crippen molar-refractivity contribution >= 4 is 17.1 Å². The number of benzene rings is 2. The van der Waals surface area contributed by atoms with E-state index in [1.54, 1.807) is 24.3 Å². The van der Waals surface area contributed by atoms with Crippen LogP contribution in [0.15, 0.2) is 61.2 Å². The zero-order valence-electron chi connectivity index (χ0n) is 16.4. The molecule has 0 aliphatic heterocycles. The monoisotopic (exact) mass is 387 g/mol. The van der Waals surface area contributed by atoms with E-state index in [1.807, 2.05) is 24.3 Å². The number of hydrogen-bond donors (Lipinski definition) is 2. The third kappa shape index (κ3) is 4.58.